The van der Waals surface area contributed by atoms with Crippen molar-refractivity contribution in [1.29, 1.82) is 0 Å². The van der Waals surface area contributed by atoms with Gasteiger partial charge in [-0.1, -0.05) is 37.3 Å². The van der Waals surface area contributed by atoms with Gasteiger partial charge in [-0.15, -0.1) is 0 Å². The van der Waals surface area contributed by atoms with Crippen LogP contribution >= 0.6 is 0 Å². The van der Waals surface area contributed by atoms with Gasteiger partial charge in [0.25, 0.3) is 0 Å². The summed E-state index contributed by atoms with van der Waals surface area (Å²) in [6, 6.07) is 17.8. The van der Waals surface area contributed by atoms with Gasteiger partial charge in [-0.3, -0.25) is 4.79 Å². The summed E-state index contributed by atoms with van der Waals surface area (Å²) < 4.78 is 0. The van der Waals surface area contributed by atoms with Gasteiger partial charge in [0.05, 0.1) is 11.3 Å². The molecular weight excluding hydrogens is 336 g/mol. The smallest absolute Gasteiger partial charge is 0.229 e. The highest BCUT2D eigenvalue weighted by molar-refractivity contribution is 6.03. The zero-order valence-electron chi connectivity index (χ0n) is 15.5. The second kappa shape index (κ2) is 7.19. The summed E-state index contributed by atoms with van der Waals surface area (Å²) in [5.74, 6) is 1.46. The normalized spacial score (nSPS) is 15.9. The number of ketones is 1. The lowest BCUT2D eigenvalue weighted by Crippen LogP contribution is -2.22. The van der Waals surface area contributed by atoms with Crippen LogP contribution in [-0.2, 0) is 6.42 Å². The molecule has 0 amide bonds. The molecule has 0 fully saturated rings. The van der Waals surface area contributed by atoms with Crippen LogP contribution in [0.3, 0.4) is 0 Å². The summed E-state index contributed by atoms with van der Waals surface area (Å²) >= 11 is 0. The first kappa shape index (κ1) is 17.2. The summed E-state index contributed by atoms with van der Waals surface area (Å²) in [6.45, 7) is 4.12. The Morgan fingerprint density at radius 2 is 1.70 bits per heavy atom. The number of anilines is 4. The average Bonchev–Trinajstić information content (AvgIpc) is 2.62. The highest BCUT2D eigenvalue weighted by Gasteiger charge is 2.28. The molecule has 136 valence electrons. The maximum absolute atomic E-state index is 12.7. The van der Waals surface area contributed by atoms with Crippen molar-refractivity contribution >= 4 is 28.9 Å². The number of nitrogens with one attached hydrogen (secondary N) is 2. The third kappa shape index (κ3) is 3.82. The minimum absolute atomic E-state index is 0.102. The van der Waals surface area contributed by atoms with Crippen LogP contribution in [0.25, 0.3) is 0 Å². The Morgan fingerprint density at radius 1 is 0.926 bits per heavy atom. The summed E-state index contributed by atoms with van der Waals surface area (Å²) in [7, 11) is 0. The van der Waals surface area contributed by atoms with Gasteiger partial charge in [0.15, 0.2) is 5.78 Å². The lowest BCUT2D eigenvalue weighted by molar-refractivity contribution is 0.0953. The maximum Gasteiger partial charge on any atom is 0.229 e. The molecule has 27 heavy (non-hydrogen) atoms. The molecule has 3 aromatic rings. The molecule has 1 aliphatic carbocycles. The van der Waals surface area contributed by atoms with E-state index < -0.39 is 0 Å². The van der Waals surface area contributed by atoms with Crippen LogP contribution in [-0.4, -0.2) is 15.8 Å². The van der Waals surface area contributed by atoms with Crippen LogP contribution in [0.1, 0.15) is 35.0 Å². The van der Waals surface area contributed by atoms with Gasteiger partial charge >= 0.3 is 0 Å². The third-order valence-corrected chi connectivity index (χ3v) is 4.65. The molecular formula is C22H22N4O. The lowest BCUT2D eigenvalue weighted by atomic mass is 9.87. The molecule has 4 rings (SSSR count). The topological polar surface area (TPSA) is 66.9 Å². The van der Waals surface area contributed by atoms with E-state index in [1.165, 1.54) is 0 Å². The second-order valence-corrected chi connectivity index (χ2v) is 7.14. The third-order valence-electron chi connectivity index (χ3n) is 4.65. The number of carbonyl (C=O) groups is 1. The van der Waals surface area contributed by atoms with Gasteiger partial charge in [0, 0.05) is 17.8 Å². The SMILES string of the molecule is Cc1cccc(Nc2nc(Nc3ccccc3)nc3c2C(=O)CC(C)C3)c1. The molecule has 0 saturated carbocycles. The van der Waals surface area contributed by atoms with E-state index in [0.717, 1.165) is 29.1 Å². The minimum atomic E-state index is 0.102. The Hall–Kier alpha value is -3.21. The lowest BCUT2D eigenvalue weighted by Gasteiger charge is -2.23. The summed E-state index contributed by atoms with van der Waals surface area (Å²) in [5.41, 5.74) is 4.39. The fourth-order valence-corrected chi connectivity index (χ4v) is 3.43. The molecule has 0 saturated heterocycles. The van der Waals surface area contributed by atoms with E-state index in [1.807, 2.05) is 61.5 Å². The molecule has 0 spiro atoms. The number of fused-ring (bicyclic) bond motifs is 1. The van der Waals surface area contributed by atoms with Crippen molar-refractivity contribution < 1.29 is 4.79 Å². The number of rotatable bonds is 4. The number of aromatic nitrogens is 2. The van der Waals surface area contributed by atoms with Crippen LogP contribution in [0, 0.1) is 12.8 Å². The van der Waals surface area contributed by atoms with Crippen LogP contribution in [0.5, 0.6) is 0 Å². The van der Waals surface area contributed by atoms with E-state index in [4.69, 9.17) is 0 Å². The Labute approximate surface area is 158 Å². The van der Waals surface area contributed by atoms with Crippen molar-refractivity contribution in [2.24, 2.45) is 5.92 Å². The Balaban J connectivity index is 1.76. The van der Waals surface area contributed by atoms with E-state index in [1.54, 1.807) is 0 Å². The molecule has 1 aromatic heterocycles. The number of carbonyl (C=O) groups excluding carboxylic acids is 1. The monoisotopic (exact) mass is 358 g/mol. The summed E-state index contributed by atoms with van der Waals surface area (Å²) in [4.78, 5) is 22.0. The number of benzene rings is 2. The molecule has 1 heterocycles. The second-order valence-electron chi connectivity index (χ2n) is 7.14. The van der Waals surface area contributed by atoms with Gasteiger partial charge in [-0.2, -0.15) is 4.98 Å². The van der Waals surface area contributed by atoms with Gasteiger partial charge in [-0.05, 0) is 49.1 Å². The van der Waals surface area contributed by atoms with Crippen molar-refractivity contribution in [3.63, 3.8) is 0 Å². The fourth-order valence-electron chi connectivity index (χ4n) is 3.43. The van der Waals surface area contributed by atoms with Gasteiger partial charge in [-0.25, -0.2) is 4.98 Å². The van der Waals surface area contributed by atoms with Crippen LogP contribution in [0.4, 0.5) is 23.1 Å². The summed E-state index contributed by atoms with van der Waals surface area (Å²) in [5, 5.41) is 6.58. The van der Waals surface area contributed by atoms with Crippen molar-refractivity contribution in [3.8, 4) is 0 Å². The zero-order chi connectivity index (χ0) is 18.8. The minimum Gasteiger partial charge on any atom is -0.339 e. The largest absolute Gasteiger partial charge is 0.339 e. The van der Waals surface area contributed by atoms with Gasteiger partial charge < -0.3 is 10.6 Å². The molecule has 1 aliphatic rings. The van der Waals surface area contributed by atoms with E-state index in [0.29, 0.717) is 23.8 Å². The van der Waals surface area contributed by atoms with E-state index in [9.17, 15) is 4.79 Å². The standard InChI is InChI=1S/C22H22N4O/c1-14-7-6-10-17(11-14)23-21-20-18(12-15(2)13-19(20)27)25-22(26-21)24-16-8-4-3-5-9-16/h3-11,15H,12-13H2,1-2H3,(H2,23,24,25,26). The van der Waals surface area contributed by atoms with Crippen LogP contribution in [0.15, 0.2) is 54.6 Å². The predicted molar refractivity (Wildman–Crippen MR) is 108 cm³/mol. The summed E-state index contributed by atoms with van der Waals surface area (Å²) in [6.07, 6.45) is 1.31. The Morgan fingerprint density at radius 3 is 2.48 bits per heavy atom. The van der Waals surface area contributed by atoms with Crippen molar-refractivity contribution in [3.05, 3.63) is 71.4 Å². The first-order valence-corrected chi connectivity index (χ1v) is 9.18. The number of hydrogen-bond donors (Lipinski definition) is 2. The molecule has 1 unspecified atom stereocenters. The van der Waals surface area contributed by atoms with Crippen molar-refractivity contribution in [1.82, 2.24) is 9.97 Å². The predicted octanol–water partition coefficient (Wildman–Crippen LogP) is 5.04. The van der Waals surface area contributed by atoms with E-state index in [-0.39, 0.29) is 11.7 Å². The molecule has 0 aliphatic heterocycles. The van der Waals surface area contributed by atoms with Crippen LogP contribution in [0.2, 0.25) is 0 Å². The van der Waals surface area contributed by atoms with Crippen molar-refractivity contribution in [2.45, 2.75) is 26.7 Å². The zero-order valence-corrected chi connectivity index (χ0v) is 15.5. The van der Waals surface area contributed by atoms with Gasteiger partial charge in [0.1, 0.15) is 5.82 Å². The molecule has 5 heteroatoms. The highest BCUT2D eigenvalue weighted by Crippen LogP contribution is 2.32. The number of nitrogens with zero attached hydrogens (tertiary/aromatic N) is 2. The molecule has 0 bridgehead atoms. The fraction of sp³-hybridized carbons (Fsp3) is 0.227. The highest BCUT2D eigenvalue weighted by atomic mass is 16.1. The first-order valence-electron chi connectivity index (χ1n) is 9.18. The molecule has 2 aromatic carbocycles. The maximum atomic E-state index is 12.7. The molecule has 0 radical (unpaired) electrons. The number of Topliss-reactive ketones (excluding diaryl/α,β-unsaturated/α-hetero) is 1. The average molecular weight is 358 g/mol. The van der Waals surface area contributed by atoms with Crippen LogP contribution < -0.4 is 10.6 Å². The Kier molecular flexibility index (Phi) is 4.59. The number of aryl methyl sites for hydroxylation is 1. The van der Waals surface area contributed by atoms with E-state index in [2.05, 4.69) is 27.5 Å². The molecule has 5 nitrogen and oxygen atoms in total. The molecule has 2 N–H and O–H groups in total. The number of para-hydroxylation sites is 1. The van der Waals surface area contributed by atoms with Crippen molar-refractivity contribution in [2.75, 3.05) is 10.6 Å². The number of hydrogen-bond acceptors (Lipinski definition) is 5. The first-order chi connectivity index (χ1) is 13.1. The molecule has 1 atom stereocenters. The van der Waals surface area contributed by atoms with E-state index >= 15 is 0 Å². The quantitative estimate of drug-likeness (QED) is 0.684. The van der Waals surface area contributed by atoms with Gasteiger partial charge in [0.2, 0.25) is 5.95 Å². The Bertz CT molecular complexity index is 985.